The quantitative estimate of drug-likeness (QED) is 0.462. The van der Waals surface area contributed by atoms with Crippen LogP contribution in [0.4, 0.5) is 5.69 Å². The molecule has 0 spiro atoms. The van der Waals surface area contributed by atoms with Gasteiger partial charge in [-0.3, -0.25) is 9.69 Å². The fourth-order valence-electron chi connectivity index (χ4n) is 4.03. The molecule has 3 aromatic rings. The molecule has 1 amide bonds. The van der Waals surface area contributed by atoms with Gasteiger partial charge in [0.25, 0.3) is 5.91 Å². The molecule has 2 aromatic carbocycles. The Bertz CT molecular complexity index is 1220. The second kappa shape index (κ2) is 11.0. The van der Waals surface area contributed by atoms with Crippen molar-refractivity contribution >= 4 is 33.4 Å². The SMILES string of the molecule is CO[S-](=O)=Nc1cccc(C(CN2CC[C@H](O)C2)N(C)C(=O)COc2ccc3ccoc3c2)c1. The van der Waals surface area contributed by atoms with Gasteiger partial charge in [-0.05, 0) is 42.3 Å². The van der Waals surface area contributed by atoms with Gasteiger partial charge in [-0.2, -0.15) is 0 Å². The van der Waals surface area contributed by atoms with E-state index in [2.05, 4.69) is 9.26 Å². The monoisotopic (exact) mass is 486 g/mol. The lowest BCUT2D eigenvalue weighted by Gasteiger charge is -2.32. The predicted octanol–water partition coefficient (Wildman–Crippen LogP) is 3.42. The Morgan fingerprint density at radius 3 is 2.94 bits per heavy atom. The third-order valence-corrected chi connectivity index (χ3v) is 6.55. The first-order valence-corrected chi connectivity index (χ1v) is 12.0. The van der Waals surface area contributed by atoms with Crippen molar-refractivity contribution in [3.05, 3.63) is 60.4 Å². The molecule has 1 saturated heterocycles. The van der Waals surface area contributed by atoms with E-state index in [0.29, 0.717) is 36.5 Å². The van der Waals surface area contributed by atoms with Crippen LogP contribution in [0.25, 0.3) is 11.0 Å². The van der Waals surface area contributed by atoms with Gasteiger partial charge in [0.2, 0.25) is 0 Å². The molecule has 1 N–H and O–H groups in total. The Morgan fingerprint density at radius 2 is 2.18 bits per heavy atom. The largest absolute Gasteiger partial charge is 0.484 e. The van der Waals surface area contributed by atoms with Gasteiger partial charge in [-0.1, -0.05) is 23.0 Å². The number of fused-ring (bicyclic) bond motifs is 1. The molecule has 4 rings (SSSR count). The summed E-state index contributed by atoms with van der Waals surface area (Å²) < 4.78 is 31.6. The first-order valence-electron chi connectivity index (χ1n) is 11.0. The molecule has 1 aromatic heterocycles. The molecule has 1 aliphatic rings. The van der Waals surface area contributed by atoms with E-state index in [0.717, 1.165) is 17.5 Å². The van der Waals surface area contributed by atoms with Crippen LogP contribution in [0.2, 0.25) is 0 Å². The van der Waals surface area contributed by atoms with Crippen LogP contribution >= 0.6 is 0 Å². The van der Waals surface area contributed by atoms with Crippen LogP contribution in [0, 0.1) is 0 Å². The second-order valence-corrected chi connectivity index (χ2v) is 9.15. The van der Waals surface area contributed by atoms with E-state index in [9.17, 15) is 14.1 Å². The van der Waals surface area contributed by atoms with Crippen molar-refractivity contribution in [1.29, 1.82) is 0 Å². The molecule has 2 heterocycles. The van der Waals surface area contributed by atoms with Gasteiger partial charge in [0.05, 0.1) is 18.4 Å². The average Bonchev–Trinajstić information content (AvgIpc) is 3.48. The van der Waals surface area contributed by atoms with Crippen LogP contribution in [-0.4, -0.2) is 67.3 Å². The Hall–Kier alpha value is -2.92. The summed E-state index contributed by atoms with van der Waals surface area (Å²) in [6.45, 7) is 1.70. The molecule has 0 aliphatic carbocycles. The summed E-state index contributed by atoms with van der Waals surface area (Å²) in [5.74, 6) is 0.346. The van der Waals surface area contributed by atoms with Crippen molar-refractivity contribution in [3.63, 3.8) is 0 Å². The molecule has 182 valence electrons. The van der Waals surface area contributed by atoms with E-state index in [-0.39, 0.29) is 24.7 Å². The van der Waals surface area contributed by atoms with E-state index >= 15 is 0 Å². The number of carbonyl (C=O) groups excluding carboxylic acids is 1. The van der Waals surface area contributed by atoms with Crippen LogP contribution < -0.4 is 4.74 Å². The summed E-state index contributed by atoms with van der Waals surface area (Å²) in [5, 5.41) is 10.9. The first-order chi connectivity index (χ1) is 16.4. The van der Waals surface area contributed by atoms with E-state index in [4.69, 9.17) is 13.3 Å². The minimum atomic E-state index is -1.79. The lowest BCUT2D eigenvalue weighted by Crippen LogP contribution is -2.40. The van der Waals surface area contributed by atoms with Crippen molar-refractivity contribution in [3.8, 4) is 5.75 Å². The van der Waals surface area contributed by atoms with E-state index in [1.807, 2.05) is 18.2 Å². The maximum atomic E-state index is 13.1. The summed E-state index contributed by atoms with van der Waals surface area (Å²) in [7, 11) is 1.27. The van der Waals surface area contributed by atoms with Crippen LogP contribution in [0.3, 0.4) is 0 Å². The summed E-state index contributed by atoms with van der Waals surface area (Å²) in [6.07, 6.45) is 1.94. The van der Waals surface area contributed by atoms with Crippen molar-refractivity contribution in [2.75, 3.05) is 40.4 Å². The molecule has 34 heavy (non-hydrogen) atoms. The second-order valence-electron chi connectivity index (χ2n) is 8.20. The Morgan fingerprint density at radius 1 is 1.32 bits per heavy atom. The highest BCUT2D eigenvalue weighted by molar-refractivity contribution is 7.69. The zero-order valence-corrected chi connectivity index (χ0v) is 19.9. The highest BCUT2D eigenvalue weighted by Crippen LogP contribution is 2.27. The molecule has 0 bridgehead atoms. The van der Waals surface area contributed by atoms with E-state index in [1.165, 1.54) is 7.11 Å². The smallest absolute Gasteiger partial charge is 0.260 e. The van der Waals surface area contributed by atoms with Crippen LogP contribution in [-0.2, 0) is 24.1 Å². The molecule has 10 heteroatoms. The number of hydrogen-bond acceptors (Lipinski definition) is 9. The molecule has 2 atom stereocenters. The van der Waals surface area contributed by atoms with Crippen molar-refractivity contribution in [1.82, 2.24) is 9.80 Å². The van der Waals surface area contributed by atoms with Gasteiger partial charge in [0, 0.05) is 50.9 Å². The van der Waals surface area contributed by atoms with Gasteiger partial charge >= 0.3 is 0 Å². The molecular formula is C24H28N3O6S-. The summed E-state index contributed by atoms with van der Waals surface area (Å²) in [5.41, 5.74) is 2.02. The number of furan rings is 1. The van der Waals surface area contributed by atoms with Crippen LogP contribution in [0.1, 0.15) is 18.0 Å². The minimum absolute atomic E-state index is 0.139. The third-order valence-electron chi connectivity index (χ3n) is 5.91. The zero-order valence-electron chi connectivity index (χ0n) is 19.1. The molecule has 1 unspecified atom stereocenters. The molecule has 0 saturated carbocycles. The third kappa shape index (κ3) is 5.95. The summed E-state index contributed by atoms with van der Waals surface area (Å²) in [6, 6.07) is 14.2. The summed E-state index contributed by atoms with van der Waals surface area (Å²) in [4.78, 5) is 16.9. The molecule has 9 nitrogen and oxygen atoms in total. The number of ether oxygens (including phenoxy) is 1. The highest BCUT2D eigenvalue weighted by atomic mass is 32.2. The molecule has 1 aliphatic heterocycles. The number of rotatable bonds is 9. The number of carbonyl (C=O) groups is 1. The number of aliphatic hydroxyl groups is 1. The molecule has 1 fully saturated rings. The van der Waals surface area contributed by atoms with Crippen molar-refractivity contribution in [2.24, 2.45) is 4.36 Å². The predicted molar refractivity (Wildman–Crippen MR) is 128 cm³/mol. The van der Waals surface area contributed by atoms with Gasteiger partial charge in [-0.15, -0.1) is 0 Å². The normalized spacial score (nSPS) is 18.3. The van der Waals surface area contributed by atoms with Crippen LogP contribution in [0.15, 0.2) is 63.6 Å². The number of likely N-dealkylation sites (N-methyl/N-ethyl adjacent to an activating group) is 1. The summed E-state index contributed by atoms with van der Waals surface area (Å²) >= 11 is 0. The van der Waals surface area contributed by atoms with Gasteiger partial charge < -0.3 is 31.9 Å². The topological polar surface area (TPSA) is 105 Å². The Kier molecular flexibility index (Phi) is 7.84. The van der Waals surface area contributed by atoms with Crippen LogP contribution in [0.5, 0.6) is 5.75 Å². The van der Waals surface area contributed by atoms with Crippen molar-refractivity contribution < 1.29 is 27.4 Å². The lowest BCUT2D eigenvalue weighted by molar-refractivity contribution is -0.134. The van der Waals surface area contributed by atoms with E-state index in [1.54, 1.807) is 48.5 Å². The number of likely N-dealkylation sites (tertiary alicyclic amines) is 1. The Balaban J connectivity index is 1.51. The van der Waals surface area contributed by atoms with E-state index < -0.39 is 10.9 Å². The number of hydrogen-bond donors (Lipinski definition) is 1. The maximum absolute atomic E-state index is 13.1. The number of aliphatic hydroxyl groups excluding tert-OH is 1. The Labute approximate surface area is 200 Å². The highest BCUT2D eigenvalue weighted by Gasteiger charge is 2.28. The fourth-order valence-corrected chi connectivity index (χ4v) is 4.39. The average molecular weight is 487 g/mol. The number of nitrogens with zero attached hydrogens (tertiary/aromatic N) is 3. The molecule has 0 radical (unpaired) electrons. The lowest BCUT2D eigenvalue weighted by atomic mass is 10.0. The molecular weight excluding hydrogens is 458 g/mol. The standard InChI is InChI=1S/C24H28N3O6S/c1-26(24(29)16-33-21-7-6-17-9-11-32-23(17)13-21)22(15-27-10-8-20(28)14-27)18-4-3-5-19(12-18)25-34(30)31-2/h3-7,9,11-13,20,22,28H,8,10,14-16H2,1-2H3/q-1/t20-,22?/m0/s1. The van der Waals surface area contributed by atoms with Gasteiger partial charge in [0.15, 0.2) is 6.61 Å². The number of β-amino-alcohol motifs (C(OH)–C–C–N with tert-alkyl or cyclic N) is 1. The van der Waals surface area contributed by atoms with Crippen molar-refractivity contribution in [2.45, 2.75) is 18.6 Å². The van der Waals surface area contributed by atoms with Gasteiger partial charge in [-0.25, -0.2) is 0 Å². The number of amides is 1. The zero-order chi connectivity index (χ0) is 24.1. The fraction of sp³-hybridized carbons (Fsp3) is 0.375. The minimum Gasteiger partial charge on any atom is -0.484 e. The number of benzene rings is 2. The first kappa shape index (κ1) is 24.2. The van der Waals surface area contributed by atoms with Gasteiger partial charge in [0.1, 0.15) is 11.3 Å². The maximum Gasteiger partial charge on any atom is 0.260 e.